The molecule has 132 valence electrons. The first-order chi connectivity index (χ1) is 11.2. The summed E-state index contributed by atoms with van der Waals surface area (Å²) in [5.74, 6) is 1.21. The number of carbonyl (C=O) groups is 1. The van der Waals surface area contributed by atoms with Gasteiger partial charge in [-0.15, -0.1) is 0 Å². The van der Waals surface area contributed by atoms with Crippen molar-refractivity contribution in [2.45, 2.75) is 47.0 Å². The molecule has 0 bridgehead atoms. The van der Waals surface area contributed by atoms with Crippen LogP contribution in [0.15, 0.2) is 42.5 Å². The van der Waals surface area contributed by atoms with Crippen LogP contribution in [0.2, 0.25) is 0 Å². The Kier molecular flexibility index (Phi) is 5.74. The van der Waals surface area contributed by atoms with Gasteiger partial charge in [0, 0.05) is 0 Å². The second kappa shape index (κ2) is 7.42. The summed E-state index contributed by atoms with van der Waals surface area (Å²) < 4.78 is 5.66. The molecular formula is C21H31NO2. The van der Waals surface area contributed by atoms with Gasteiger partial charge in [-0.05, 0) is 49.7 Å². The zero-order valence-corrected chi connectivity index (χ0v) is 15.5. The van der Waals surface area contributed by atoms with E-state index in [9.17, 15) is 4.79 Å². The summed E-state index contributed by atoms with van der Waals surface area (Å²) in [4.78, 5) is 12.9. The minimum absolute atomic E-state index is 0.125. The van der Waals surface area contributed by atoms with E-state index in [1.165, 1.54) is 0 Å². The molecule has 24 heavy (non-hydrogen) atoms. The summed E-state index contributed by atoms with van der Waals surface area (Å²) in [6.07, 6.45) is 3.07. The van der Waals surface area contributed by atoms with E-state index in [1.807, 2.05) is 37.3 Å². The lowest BCUT2D eigenvalue weighted by molar-refractivity contribution is -0.137. The van der Waals surface area contributed by atoms with Gasteiger partial charge < -0.3 is 10.1 Å². The van der Waals surface area contributed by atoms with Gasteiger partial charge in [0.1, 0.15) is 12.4 Å². The average molecular weight is 329 g/mol. The average Bonchev–Trinajstić information content (AvgIpc) is 2.51. The predicted molar refractivity (Wildman–Crippen MR) is 99.0 cm³/mol. The molecule has 2 rings (SSSR count). The van der Waals surface area contributed by atoms with Crippen LogP contribution in [0.25, 0.3) is 0 Å². The number of allylic oxidation sites excluding steroid dienone is 1. The van der Waals surface area contributed by atoms with E-state index in [1.54, 1.807) is 0 Å². The van der Waals surface area contributed by atoms with Crippen molar-refractivity contribution in [2.24, 2.45) is 16.7 Å². The number of hydrogen-bond acceptors (Lipinski definition) is 2. The largest absolute Gasteiger partial charge is 0.492 e. The second-order valence-corrected chi connectivity index (χ2v) is 8.11. The van der Waals surface area contributed by atoms with E-state index in [0.717, 1.165) is 30.6 Å². The van der Waals surface area contributed by atoms with Crippen molar-refractivity contribution in [1.29, 1.82) is 0 Å². The van der Waals surface area contributed by atoms with Gasteiger partial charge in [-0.2, -0.15) is 0 Å². The number of benzene rings is 1. The van der Waals surface area contributed by atoms with Crippen molar-refractivity contribution < 1.29 is 9.53 Å². The minimum Gasteiger partial charge on any atom is -0.492 e. The fraction of sp³-hybridized carbons (Fsp3) is 0.571. The van der Waals surface area contributed by atoms with E-state index >= 15 is 0 Å². The molecule has 3 heteroatoms. The molecule has 1 fully saturated rings. The number of hydrogen-bond donors (Lipinski definition) is 1. The van der Waals surface area contributed by atoms with Crippen molar-refractivity contribution in [1.82, 2.24) is 5.32 Å². The fourth-order valence-corrected chi connectivity index (χ4v) is 4.14. The number of nitrogens with one attached hydrogen (secondary N) is 1. The number of amides is 1. The Morgan fingerprint density at radius 1 is 1.29 bits per heavy atom. The number of rotatable bonds is 6. The summed E-state index contributed by atoms with van der Waals surface area (Å²) in [6.45, 7) is 13.8. The lowest BCUT2D eigenvalue weighted by atomic mass is 9.57. The van der Waals surface area contributed by atoms with Crippen molar-refractivity contribution in [3.8, 4) is 5.75 Å². The third kappa shape index (κ3) is 4.40. The van der Waals surface area contributed by atoms with E-state index in [0.29, 0.717) is 13.2 Å². The zero-order valence-electron chi connectivity index (χ0n) is 15.5. The van der Waals surface area contributed by atoms with E-state index in [2.05, 4.69) is 32.7 Å². The molecule has 0 spiro atoms. The smallest absolute Gasteiger partial charge is 0.226 e. The van der Waals surface area contributed by atoms with Crippen LogP contribution in [0, 0.1) is 16.7 Å². The Morgan fingerprint density at radius 3 is 2.58 bits per heavy atom. The van der Waals surface area contributed by atoms with Crippen molar-refractivity contribution in [2.75, 3.05) is 13.2 Å². The highest BCUT2D eigenvalue weighted by atomic mass is 16.5. The Hall–Kier alpha value is -1.77. The molecule has 3 nitrogen and oxygen atoms in total. The first-order valence-electron chi connectivity index (χ1n) is 8.86. The second-order valence-electron chi connectivity index (χ2n) is 8.11. The number of carbonyl (C=O) groups excluding carboxylic acids is 1. The minimum atomic E-state index is -0.389. The van der Waals surface area contributed by atoms with Crippen molar-refractivity contribution in [3.05, 3.63) is 42.5 Å². The molecule has 1 N–H and O–H groups in total. The van der Waals surface area contributed by atoms with Crippen LogP contribution in [0.1, 0.15) is 47.0 Å². The van der Waals surface area contributed by atoms with E-state index in [4.69, 9.17) is 4.74 Å². The van der Waals surface area contributed by atoms with Crippen LogP contribution in [-0.4, -0.2) is 19.1 Å². The summed E-state index contributed by atoms with van der Waals surface area (Å²) >= 11 is 0. The topological polar surface area (TPSA) is 38.3 Å². The van der Waals surface area contributed by atoms with Gasteiger partial charge in [-0.25, -0.2) is 0 Å². The molecule has 0 heterocycles. The highest BCUT2D eigenvalue weighted by Gasteiger charge is 2.48. The monoisotopic (exact) mass is 329 g/mol. The zero-order chi connectivity index (χ0) is 17.8. The summed E-state index contributed by atoms with van der Waals surface area (Å²) in [5.41, 5.74) is 0.919. The summed E-state index contributed by atoms with van der Waals surface area (Å²) in [7, 11) is 0. The summed E-state index contributed by atoms with van der Waals surface area (Å²) in [6, 6.07) is 9.68. The van der Waals surface area contributed by atoms with E-state index in [-0.39, 0.29) is 22.7 Å². The standard InChI is InChI=1S/C21H31NO2/c1-16(2)18-11-12-20(3,4)15-21(18,5)19(23)22-13-14-24-17-9-7-6-8-10-17/h6-10,18H,1,11-15H2,2-5H3,(H,22,23)/t18?,21-/m0/s1. The SMILES string of the molecule is C=C(C)C1CCC(C)(C)C[C@]1(C)C(=O)NCCOc1ccccc1. The van der Waals surface area contributed by atoms with Gasteiger partial charge in [0.05, 0.1) is 12.0 Å². The molecule has 1 amide bonds. The lowest BCUT2D eigenvalue weighted by Crippen LogP contribution is -2.50. The maximum atomic E-state index is 12.9. The van der Waals surface area contributed by atoms with Crippen LogP contribution in [-0.2, 0) is 4.79 Å². The molecule has 1 aliphatic carbocycles. The third-order valence-corrected chi connectivity index (χ3v) is 5.24. The first kappa shape index (κ1) is 18.6. The van der Waals surface area contributed by atoms with Gasteiger partial charge >= 0.3 is 0 Å². The van der Waals surface area contributed by atoms with Crippen LogP contribution in [0.3, 0.4) is 0 Å². The molecule has 0 aromatic heterocycles. The van der Waals surface area contributed by atoms with Crippen LogP contribution >= 0.6 is 0 Å². The Bertz CT molecular complexity index is 579. The molecule has 1 aromatic carbocycles. The maximum absolute atomic E-state index is 12.9. The molecule has 0 saturated heterocycles. The molecule has 1 aliphatic rings. The highest BCUT2D eigenvalue weighted by Crippen LogP contribution is 2.51. The van der Waals surface area contributed by atoms with E-state index < -0.39 is 0 Å². The first-order valence-corrected chi connectivity index (χ1v) is 8.86. The number of para-hydroxylation sites is 1. The Balaban J connectivity index is 1.93. The van der Waals surface area contributed by atoms with Crippen LogP contribution in [0.5, 0.6) is 5.75 Å². The Labute approximate surface area is 146 Å². The predicted octanol–water partition coefficient (Wildman–Crippen LogP) is 4.59. The molecule has 0 aliphatic heterocycles. The van der Waals surface area contributed by atoms with Crippen molar-refractivity contribution in [3.63, 3.8) is 0 Å². The van der Waals surface area contributed by atoms with Crippen LogP contribution in [0.4, 0.5) is 0 Å². The highest BCUT2D eigenvalue weighted by molar-refractivity contribution is 5.83. The van der Waals surface area contributed by atoms with Crippen molar-refractivity contribution >= 4 is 5.91 Å². The van der Waals surface area contributed by atoms with Gasteiger partial charge in [0.15, 0.2) is 0 Å². The number of ether oxygens (including phenoxy) is 1. The fourth-order valence-electron chi connectivity index (χ4n) is 4.14. The molecular weight excluding hydrogens is 298 g/mol. The molecule has 2 atom stereocenters. The van der Waals surface area contributed by atoms with Crippen LogP contribution < -0.4 is 10.1 Å². The van der Waals surface area contributed by atoms with Gasteiger partial charge in [-0.1, -0.05) is 51.1 Å². The lowest BCUT2D eigenvalue weighted by Gasteiger charge is -2.47. The summed E-state index contributed by atoms with van der Waals surface area (Å²) in [5, 5.41) is 3.08. The Morgan fingerprint density at radius 2 is 1.96 bits per heavy atom. The third-order valence-electron chi connectivity index (χ3n) is 5.24. The van der Waals surface area contributed by atoms with Gasteiger partial charge in [-0.3, -0.25) is 4.79 Å². The normalized spacial score (nSPS) is 25.8. The molecule has 0 radical (unpaired) electrons. The molecule has 1 unspecified atom stereocenters. The maximum Gasteiger partial charge on any atom is 0.226 e. The molecule has 1 saturated carbocycles. The quantitative estimate of drug-likeness (QED) is 0.612. The molecule has 1 aromatic rings. The van der Waals surface area contributed by atoms with Gasteiger partial charge in [0.2, 0.25) is 5.91 Å². The van der Waals surface area contributed by atoms with Gasteiger partial charge in [0.25, 0.3) is 0 Å².